The maximum absolute atomic E-state index is 10.5. The fraction of sp³-hybridized carbons (Fsp3) is 0.667. The van der Waals surface area contributed by atoms with Crippen LogP contribution in [0, 0.1) is 0 Å². The number of carbonyl (C=O) groups is 1. The summed E-state index contributed by atoms with van der Waals surface area (Å²) in [6.45, 7) is 1.46. The van der Waals surface area contributed by atoms with Crippen LogP contribution in [0.25, 0.3) is 0 Å². The van der Waals surface area contributed by atoms with Crippen LogP contribution >= 0.6 is 0 Å². The van der Waals surface area contributed by atoms with Gasteiger partial charge in [-0.15, -0.1) is 0 Å². The Balaban J connectivity index is 2.41. The van der Waals surface area contributed by atoms with Crippen molar-refractivity contribution in [3.63, 3.8) is 0 Å². The maximum atomic E-state index is 10.5. The number of rotatable bonds is 1. The lowest BCUT2D eigenvalue weighted by molar-refractivity contribution is -0.123. The second-order valence-electron chi connectivity index (χ2n) is 2.10. The van der Waals surface area contributed by atoms with Gasteiger partial charge in [-0.25, -0.2) is 0 Å². The van der Waals surface area contributed by atoms with Gasteiger partial charge in [0.2, 0.25) is 0 Å². The summed E-state index contributed by atoms with van der Waals surface area (Å²) in [4.78, 5) is 21.8. The molecule has 1 aliphatic heterocycles. The number of hydrogen-bond donors (Lipinski definition) is 0. The van der Waals surface area contributed by atoms with Gasteiger partial charge < -0.3 is 4.90 Å². The van der Waals surface area contributed by atoms with Crippen LogP contribution in [-0.4, -0.2) is 30.2 Å². The molecule has 0 unspecified atom stereocenters. The van der Waals surface area contributed by atoms with Crippen LogP contribution in [0.5, 0.6) is 0 Å². The van der Waals surface area contributed by atoms with Crippen molar-refractivity contribution in [3.05, 3.63) is 0 Å². The molecule has 3 nitrogen and oxygen atoms in total. The first-order valence-electron chi connectivity index (χ1n) is 3.01. The van der Waals surface area contributed by atoms with Gasteiger partial charge in [0.1, 0.15) is 0 Å². The minimum atomic E-state index is -0.493. The van der Waals surface area contributed by atoms with Crippen LogP contribution in [0.4, 0.5) is 0 Å². The lowest BCUT2D eigenvalue weighted by Crippen LogP contribution is -2.28. The molecule has 3 heteroatoms. The Morgan fingerprint density at radius 2 is 1.89 bits per heavy atom. The summed E-state index contributed by atoms with van der Waals surface area (Å²) in [6.07, 6.45) is 3.39. The first-order valence-corrected chi connectivity index (χ1v) is 3.01. The minimum absolute atomic E-state index is 0.493. The lowest BCUT2D eigenvalue weighted by Gasteiger charge is -2.08. The molecule has 1 aliphatic rings. The van der Waals surface area contributed by atoms with Gasteiger partial charge in [0.25, 0.3) is 12.2 Å². The highest BCUT2D eigenvalue weighted by molar-refractivity contribution is 6.23. The molecule has 0 bridgehead atoms. The molecule has 1 radical (unpaired) electrons. The average Bonchev–Trinajstić information content (AvgIpc) is 2.37. The summed E-state index contributed by atoms with van der Waals surface area (Å²) >= 11 is 0. The number of hydrogen-bond acceptors (Lipinski definition) is 2. The highest BCUT2D eigenvalue weighted by Gasteiger charge is 2.16. The molecule has 1 fully saturated rings. The van der Waals surface area contributed by atoms with E-state index in [1.54, 1.807) is 0 Å². The molecule has 1 amide bonds. The van der Waals surface area contributed by atoms with Crippen LogP contribution in [0.1, 0.15) is 12.8 Å². The fourth-order valence-corrected chi connectivity index (χ4v) is 0.985. The first kappa shape index (κ1) is 6.26. The van der Waals surface area contributed by atoms with Crippen LogP contribution in [0.3, 0.4) is 0 Å². The van der Waals surface area contributed by atoms with Gasteiger partial charge in [0.15, 0.2) is 0 Å². The van der Waals surface area contributed by atoms with Gasteiger partial charge in [0.05, 0.1) is 0 Å². The van der Waals surface area contributed by atoms with Crippen LogP contribution in [0.15, 0.2) is 0 Å². The molecule has 0 N–H and O–H groups in total. The highest BCUT2D eigenvalue weighted by Crippen LogP contribution is 2.05. The summed E-state index contributed by atoms with van der Waals surface area (Å²) < 4.78 is 0. The predicted molar refractivity (Wildman–Crippen MR) is 31.5 cm³/mol. The quantitative estimate of drug-likeness (QED) is 0.453. The van der Waals surface area contributed by atoms with Gasteiger partial charge >= 0.3 is 0 Å². The summed E-state index contributed by atoms with van der Waals surface area (Å²) in [7, 11) is 0. The van der Waals surface area contributed by atoms with Gasteiger partial charge in [-0.05, 0) is 12.8 Å². The van der Waals surface area contributed by atoms with E-state index in [9.17, 15) is 9.59 Å². The fourth-order valence-electron chi connectivity index (χ4n) is 0.985. The molecule has 0 atom stereocenters. The van der Waals surface area contributed by atoms with Crippen LogP contribution in [-0.2, 0) is 9.59 Å². The highest BCUT2D eigenvalue weighted by atomic mass is 16.2. The Labute approximate surface area is 53.6 Å². The van der Waals surface area contributed by atoms with E-state index < -0.39 is 5.91 Å². The second-order valence-corrected chi connectivity index (χ2v) is 2.10. The van der Waals surface area contributed by atoms with E-state index in [2.05, 4.69) is 0 Å². The molecule has 49 valence electrons. The standard InChI is InChI=1S/C6H8NO2/c8-5-6(9)7-3-1-2-4-7/h1-4H2. The summed E-state index contributed by atoms with van der Waals surface area (Å²) in [5.41, 5.74) is 0. The number of nitrogens with zero attached hydrogens (tertiary/aromatic N) is 1. The van der Waals surface area contributed by atoms with Crippen molar-refractivity contribution in [1.82, 2.24) is 4.90 Å². The number of amides is 1. The Bertz CT molecular complexity index is 127. The monoisotopic (exact) mass is 126 g/mol. The van der Waals surface area contributed by atoms with Crippen molar-refractivity contribution in [1.29, 1.82) is 0 Å². The van der Waals surface area contributed by atoms with Crippen molar-refractivity contribution >= 4 is 12.2 Å². The molecule has 0 aromatic heterocycles. The van der Waals surface area contributed by atoms with E-state index in [4.69, 9.17) is 0 Å². The van der Waals surface area contributed by atoms with E-state index in [1.807, 2.05) is 0 Å². The molecular weight excluding hydrogens is 118 g/mol. The van der Waals surface area contributed by atoms with Crippen molar-refractivity contribution in [2.75, 3.05) is 13.1 Å². The molecule has 0 aromatic rings. The van der Waals surface area contributed by atoms with Gasteiger partial charge in [-0.2, -0.15) is 0 Å². The van der Waals surface area contributed by atoms with Gasteiger partial charge in [-0.3, -0.25) is 9.59 Å². The molecule has 0 saturated carbocycles. The molecule has 1 heterocycles. The molecule has 0 aromatic carbocycles. The normalized spacial score (nSPS) is 18.0. The van der Waals surface area contributed by atoms with Crippen molar-refractivity contribution < 1.29 is 9.59 Å². The minimum Gasteiger partial charge on any atom is -0.336 e. The van der Waals surface area contributed by atoms with Crippen LogP contribution in [0.2, 0.25) is 0 Å². The number of carbonyl (C=O) groups excluding carboxylic acids is 2. The predicted octanol–water partition coefficient (Wildman–Crippen LogP) is -0.282. The smallest absolute Gasteiger partial charge is 0.298 e. The zero-order valence-electron chi connectivity index (χ0n) is 5.09. The third-order valence-corrected chi connectivity index (χ3v) is 1.48. The first-order chi connectivity index (χ1) is 4.34. The Hall–Kier alpha value is -0.860. The largest absolute Gasteiger partial charge is 0.336 e. The van der Waals surface area contributed by atoms with Crippen molar-refractivity contribution in [2.45, 2.75) is 12.8 Å². The third kappa shape index (κ3) is 1.28. The zero-order chi connectivity index (χ0) is 6.69. The third-order valence-electron chi connectivity index (χ3n) is 1.48. The van der Waals surface area contributed by atoms with Gasteiger partial charge in [-0.1, -0.05) is 0 Å². The Morgan fingerprint density at radius 3 is 2.33 bits per heavy atom. The second kappa shape index (κ2) is 2.62. The molecule has 0 aliphatic carbocycles. The summed E-state index contributed by atoms with van der Waals surface area (Å²) in [6, 6.07) is 0. The number of likely N-dealkylation sites (tertiary alicyclic amines) is 1. The molecule has 1 saturated heterocycles. The summed E-state index contributed by atoms with van der Waals surface area (Å²) in [5.74, 6) is -0.493. The SMILES string of the molecule is O=[C]C(=O)N1CCCC1. The molecule has 0 spiro atoms. The Kier molecular flexibility index (Phi) is 1.82. The molecule has 9 heavy (non-hydrogen) atoms. The van der Waals surface area contributed by atoms with E-state index in [0.29, 0.717) is 0 Å². The van der Waals surface area contributed by atoms with Gasteiger partial charge in [0, 0.05) is 13.1 Å². The van der Waals surface area contributed by atoms with Crippen molar-refractivity contribution in [2.24, 2.45) is 0 Å². The molecular formula is C6H8NO2. The zero-order valence-corrected chi connectivity index (χ0v) is 5.09. The van der Waals surface area contributed by atoms with E-state index in [0.717, 1.165) is 25.9 Å². The summed E-state index contributed by atoms with van der Waals surface area (Å²) in [5, 5.41) is 0. The Morgan fingerprint density at radius 1 is 1.33 bits per heavy atom. The molecule has 1 rings (SSSR count). The van der Waals surface area contributed by atoms with E-state index >= 15 is 0 Å². The maximum Gasteiger partial charge on any atom is 0.298 e. The van der Waals surface area contributed by atoms with Crippen LogP contribution < -0.4 is 0 Å². The average molecular weight is 126 g/mol. The van der Waals surface area contributed by atoms with Crippen molar-refractivity contribution in [3.8, 4) is 0 Å². The van der Waals surface area contributed by atoms with E-state index in [-0.39, 0.29) is 0 Å². The van der Waals surface area contributed by atoms with E-state index in [1.165, 1.54) is 11.2 Å². The topological polar surface area (TPSA) is 37.4 Å². The lowest BCUT2D eigenvalue weighted by atomic mass is 10.4.